The molecule has 0 bridgehead atoms. The minimum Gasteiger partial charge on any atom is -0.508 e. The normalized spacial score (nSPS) is 12.6. The van der Waals surface area contributed by atoms with Gasteiger partial charge in [0.05, 0.1) is 0 Å². The van der Waals surface area contributed by atoms with E-state index in [4.69, 9.17) is 0 Å². The Kier molecular flexibility index (Phi) is 3.19. The van der Waals surface area contributed by atoms with Gasteiger partial charge in [-0.15, -0.1) is 10.2 Å². The quantitative estimate of drug-likeness (QED) is 0.885. The van der Waals surface area contributed by atoms with E-state index in [9.17, 15) is 5.11 Å². The Morgan fingerprint density at radius 2 is 1.94 bits per heavy atom. The van der Waals surface area contributed by atoms with E-state index in [1.165, 1.54) is 0 Å². The van der Waals surface area contributed by atoms with Crippen LogP contribution >= 0.6 is 11.3 Å². The highest BCUT2D eigenvalue weighted by molar-refractivity contribution is 7.14. The van der Waals surface area contributed by atoms with E-state index in [-0.39, 0.29) is 5.75 Å². The van der Waals surface area contributed by atoms with E-state index in [0.29, 0.717) is 5.92 Å². The topological polar surface area (TPSA) is 46.0 Å². The summed E-state index contributed by atoms with van der Waals surface area (Å²) in [4.78, 5) is 0. The third-order valence-electron chi connectivity index (χ3n) is 2.59. The number of aromatic nitrogens is 2. The summed E-state index contributed by atoms with van der Waals surface area (Å²) in [6.07, 6.45) is 1.07. The lowest BCUT2D eigenvalue weighted by Gasteiger charge is -2.00. The van der Waals surface area contributed by atoms with E-state index in [1.807, 2.05) is 12.1 Å². The summed E-state index contributed by atoms with van der Waals surface area (Å²) in [6.45, 7) is 4.30. The summed E-state index contributed by atoms with van der Waals surface area (Å²) in [5, 5.41) is 19.6. The summed E-state index contributed by atoms with van der Waals surface area (Å²) in [5.41, 5.74) is 1.00. The van der Waals surface area contributed by atoms with Gasteiger partial charge in [-0.2, -0.15) is 0 Å². The Balaban J connectivity index is 2.28. The van der Waals surface area contributed by atoms with Gasteiger partial charge < -0.3 is 5.11 Å². The van der Waals surface area contributed by atoms with Crippen LogP contribution in [0.15, 0.2) is 24.3 Å². The lowest BCUT2D eigenvalue weighted by molar-refractivity contribution is 0.475. The first-order valence-corrected chi connectivity index (χ1v) is 6.15. The Hall–Kier alpha value is -1.42. The lowest BCUT2D eigenvalue weighted by Crippen LogP contribution is -1.88. The molecule has 1 N–H and O–H groups in total. The van der Waals surface area contributed by atoms with Crippen molar-refractivity contribution in [3.05, 3.63) is 29.3 Å². The molecule has 0 aliphatic carbocycles. The maximum absolute atomic E-state index is 9.20. The minimum absolute atomic E-state index is 0.274. The summed E-state index contributed by atoms with van der Waals surface area (Å²) >= 11 is 1.62. The SMILES string of the molecule is CCC(C)c1nnc(-c2ccc(O)cc2)s1. The Bertz CT molecular complexity index is 464. The van der Waals surface area contributed by atoms with Crippen LogP contribution in [-0.2, 0) is 0 Å². The summed E-state index contributed by atoms with van der Waals surface area (Å²) in [5.74, 6) is 0.735. The molecule has 0 radical (unpaired) electrons. The fourth-order valence-electron chi connectivity index (χ4n) is 1.33. The molecule has 0 saturated carbocycles. The molecule has 0 amide bonds. The molecule has 0 aliphatic rings. The first kappa shape index (κ1) is 11.1. The molecule has 2 aromatic rings. The van der Waals surface area contributed by atoms with E-state index < -0.39 is 0 Å². The first-order valence-electron chi connectivity index (χ1n) is 5.33. The Morgan fingerprint density at radius 3 is 2.56 bits per heavy atom. The van der Waals surface area contributed by atoms with E-state index in [2.05, 4.69) is 24.0 Å². The lowest BCUT2D eigenvalue weighted by atomic mass is 10.1. The molecule has 1 aromatic carbocycles. The highest BCUT2D eigenvalue weighted by atomic mass is 32.1. The van der Waals surface area contributed by atoms with Gasteiger partial charge in [-0.1, -0.05) is 25.2 Å². The van der Waals surface area contributed by atoms with E-state index in [1.54, 1.807) is 23.5 Å². The third-order valence-corrected chi connectivity index (χ3v) is 3.79. The predicted octanol–water partition coefficient (Wildman–Crippen LogP) is 3.42. The molecule has 2 rings (SSSR count). The fourth-order valence-corrected chi connectivity index (χ4v) is 2.31. The molecule has 1 aromatic heterocycles. The molecular weight excluding hydrogens is 220 g/mol. The average molecular weight is 234 g/mol. The fraction of sp³-hybridized carbons (Fsp3) is 0.333. The molecule has 1 unspecified atom stereocenters. The van der Waals surface area contributed by atoms with Crippen molar-refractivity contribution >= 4 is 11.3 Å². The van der Waals surface area contributed by atoms with Crippen molar-refractivity contribution in [1.82, 2.24) is 10.2 Å². The molecule has 16 heavy (non-hydrogen) atoms. The van der Waals surface area contributed by atoms with E-state index >= 15 is 0 Å². The van der Waals surface area contributed by atoms with Crippen LogP contribution in [0.5, 0.6) is 5.75 Å². The zero-order valence-corrected chi connectivity index (χ0v) is 10.2. The van der Waals surface area contributed by atoms with Crippen molar-refractivity contribution in [2.75, 3.05) is 0 Å². The van der Waals surface area contributed by atoms with Crippen LogP contribution < -0.4 is 0 Å². The molecule has 3 nitrogen and oxygen atoms in total. The molecule has 1 atom stereocenters. The standard InChI is InChI=1S/C12H14N2OS/c1-3-8(2)11-13-14-12(16-11)9-4-6-10(15)7-5-9/h4-8,15H,3H2,1-2H3. The Labute approximate surface area is 98.8 Å². The van der Waals surface area contributed by atoms with Crippen molar-refractivity contribution in [2.24, 2.45) is 0 Å². The predicted molar refractivity (Wildman–Crippen MR) is 65.7 cm³/mol. The molecule has 0 spiro atoms. The van der Waals surface area contributed by atoms with Crippen LogP contribution in [0.3, 0.4) is 0 Å². The maximum atomic E-state index is 9.20. The number of phenols is 1. The average Bonchev–Trinajstić information content (AvgIpc) is 2.78. The second-order valence-electron chi connectivity index (χ2n) is 3.80. The number of hydrogen-bond donors (Lipinski definition) is 1. The van der Waals surface area contributed by atoms with Gasteiger partial charge in [-0.05, 0) is 30.7 Å². The van der Waals surface area contributed by atoms with Gasteiger partial charge >= 0.3 is 0 Å². The smallest absolute Gasteiger partial charge is 0.147 e. The zero-order valence-electron chi connectivity index (χ0n) is 9.34. The molecule has 4 heteroatoms. The van der Waals surface area contributed by atoms with Gasteiger partial charge in [-0.25, -0.2) is 0 Å². The number of hydrogen-bond acceptors (Lipinski definition) is 4. The monoisotopic (exact) mass is 234 g/mol. The summed E-state index contributed by atoms with van der Waals surface area (Å²) in [7, 11) is 0. The second kappa shape index (κ2) is 4.61. The molecule has 0 saturated heterocycles. The maximum Gasteiger partial charge on any atom is 0.147 e. The van der Waals surface area contributed by atoms with Crippen LogP contribution in [0.1, 0.15) is 31.2 Å². The minimum atomic E-state index is 0.274. The number of aromatic hydroxyl groups is 1. The zero-order chi connectivity index (χ0) is 11.5. The van der Waals surface area contributed by atoms with Gasteiger partial charge in [-0.3, -0.25) is 0 Å². The highest BCUT2D eigenvalue weighted by Gasteiger charge is 2.11. The molecule has 0 aliphatic heterocycles. The Morgan fingerprint density at radius 1 is 1.25 bits per heavy atom. The van der Waals surface area contributed by atoms with Crippen molar-refractivity contribution in [3.8, 4) is 16.3 Å². The molecule has 0 fully saturated rings. The van der Waals surface area contributed by atoms with Crippen LogP contribution in [-0.4, -0.2) is 15.3 Å². The van der Waals surface area contributed by atoms with Gasteiger partial charge in [0.15, 0.2) is 0 Å². The number of phenolic OH excluding ortho intramolecular Hbond substituents is 1. The van der Waals surface area contributed by atoms with Gasteiger partial charge in [0.25, 0.3) is 0 Å². The van der Waals surface area contributed by atoms with Crippen molar-refractivity contribution in [2.45, 2.75) is 26.2 Å². The van der Waals surface area contributed by atoms with Gasteiger partial charge in [0, 0.05) is 11.5 Å². The van der Waals surface area contributed by atoms with Crippen LogP contribution in [0.4, 0.5) is 0 Å². The van der Waals surface area contributed by atoms with Crippen molar-refractivity contribution < 1.29 is 5.11 Å². The number of rotatable bonds is 3. The van der Waals surface area contributed by atoms with Crippen LogP contribution in [0.2, 0.25) is 0 Å². The van der Waals surface area contributed by atoms with Crippen LogP contribution in [0, 0.1) is 0 Å². The van der Waals surface area contributed by atoms with Crippen LogP contribution in [0.25, 0.3) is 10.6 Å². The van der Waals surface area contributed by atoms with E-state index in [0.717, 1.165) is 22.0 Å². The molecular formula is C12H14N2OS. The molecule has 1 heterocycles. The number of nitrogens with zero attached hydrogens (tertiary/aromatic N) is 2. The largest absolute Gasteiger partial charge is 0.508 e. The first-order chi connectivity index (χ1) is 7.70. The van der Waals surface area contributed by atoms with Gasteiger partial charge in [0.1, 0.15) is 15.8 Å². The third kappa shape index (κ3) is 2.22. The summed E-state index contributed by atoms with van der Waals surface area (Å²) in [6, 6.07) is 7.05. The van der Waals surface area contributed by atoms with Crippen molar-refractivity contribution in [1.29, 1.82) is 0 Å². The highest BCUT2D eigenvalue weighted by Crippen LogP contribution is 2.29. The van der Waals surface area contributed by atoms with Crippen molar-refractivity contribution in [3.63, 3.8) is 0 Å². The second-order valence-corrected chi connectivity index (χ2v) is 4.81. The number of benzene rings is 1. The molecule has 84 valence electrons. The summed E-state index contributed by atoms with van der Waals surface area (Å²) < 4.78 is 0. The van der Waals surface area contributed by atoms with Gasteiger partial charge in [0.2, 0.25) is 0 Å².